The van der Waals surface area contributed by atoms with Crippen LogP contribution in [0, 0.1) is 0 Å². The fraction of sp³-hybridized carbons (Fsp3) is 0.500. The molecule has 0 unspecified atom stereocenters. The molecule has 0 saturated carbocycles. The van der Waals surface area contributed by atoms with E-state index in [0.717, 1.165) is 15.8 Å². The third-order valence-corrected chi connectivity index (χ3v) is 3.17. The molecule has 0 aromatic heterocycles. The second-order valence-electron chi connectivity index (χ2n) is 5.16. The van der Waals surface area contributed by atoms with E-state index in [1.165, 1.54) is 0 Å². The molecule has 1 aromatic carbocycles. The van der Waals surface area contributed by atoms with Crippen LogP contribution in [0.4, 0.5) is 0 Å². The van der Waals surface area contributed by atoms with Crippen molar-refractivity contribution >= 4 is 21.7 Å². The molecule has 0 aliphatic carbocycles. The molecule has 0 fully saturated rings. The molecule has 0 amide bonds. The van der Waals surface area contributed by atoms with Crippen molar-refractivity contribution in [2.24, 2.45) is 5.73 Å². The molecule has 0 heterocycles. The fourth-order valence-corrected chi connectivity index (χ4v) is 2.06. The molecule has 100 valence electrons. The molecule has 2 N–H and O–H groups in total. The second kappa shape index (κ2) is 6.34. The Morgan fingerprint density at radius 3 is 2.67 bits per heavy atom. The first-order chi connectivity index (χ1) is 8.31. The molecule has 0 atom stereocenters. The summed E-state index contributed by atoms with van der Waals surface area (Å²) < 4.78 is 6.20. The molecular weight excluding hydrogens is 294 g/mol. The van der Waals surface area contributed by atoms with Crippen LogP contribution in [-0.4, -0.2) is 18.4 Å². The minimum absolute atomic E-state index is 0.185. The maximum absolute atomic E-state index is 11.9. The predicted molar refractivity (Wildman–Crippen MR) is 76.9 cm³/mol. The standard InChI is InChI=1S/C14H20BrNO2/c1-14(2,16)7-6-12(17)9-10-8-11(15)4-5-13(10)18-3/h4-5,8H,6-7,9,16H2,1-3H3. The molecule has 1 rings (SSSR count). The Bertz CT molecular complexity index is 424. The number of nitrogens with two attached hydrogens (primary N) is 1. The van der Waals surface area contributed by atoms with Gasteiger partial charge in [-0.25, -0.2) is 0 Å². The number of ether oxygens (including phenoxy) is 1. The highest BCUT2D eigenvalue weighted by atomic mass is 79.9. The SMILES string of the molecule is COc1ccc(Br)cc1CC(=O)CCC(C)(C)N. The first kappa shape index (κ1) is 15.2. The predicted octanol–water partition coefficient (Wildman–Crippen LogP) is 3.09. The monoisotopic (exact) mass is 313 g/mol. The molecule has 0 saturated heterocycles. The van der Waals surface area contributed by atoms with E-state index in [2.05, 4.69) is 15.9 Å². The van der Waals surface area contributed by atoms with Gasteiger partial charge in [0.2, 0.25) is 0 Å². The summed E-state index contributed by atoms with van der Waals surface area (Å²) in [6, 6.07) is 5.68. The number of ketones is 1. The van der Waals surface area contributed by atoms with Crippen LogP contribution in [0.15, 0.2) is 22.7 Å². The van der Waals surface area contributed by atoms with Crippen molar-refractivity contribution in [2.45, 2.75) is 38.6 Å². The minimum Gasteiger partial charge on any atom is -0.496 e. The number of rotatable bonds is 6. The van der Waals surface area contributed by atoms with Gasteiger partial charge < -0.3 is 10.5 Å². The van der Waals surface area contributed by atoms with Crippen LogP contribution < -0.4 is 10.5 Å². The van der Waals surface area contributed by atoms with Crippen LogP contribution in [0.2, 0.25) is 0 Å². The van der Waals surface area contributed by atoms with E-state index in [9.17, 15) is 4.79 Å². The first-order valence-corrected chi connectivity index (χ1v) is 6.74. The topological polar surface area (TPSA) is 52.3 Å². The van der Waals surface area contributed by atoms with E-state index in [0.29, 0.717) is 19.3 Å². The molecule has 0 bridgehead atoms. The molecule has 4 heteroatoms. The third kappa shape index (κ3) is 5.19. The van der Waals surface area contributed by atoms with E-state index < -0.39 is 0 Å². The Balaban J connectivity index is 2.66. The fourth-order valence-electron chi connectivity index (χ4n) is 1.65. The molecular formula is C14H20BrNO2. The van der Waals surface area contributed by atoms with Crippen LogP contribution in [0.5, 0.6) is 5.75 Å². The normalized spacial score (nSPS) is 11.4. The van der Waals surface area contributed by atoms with Crippen LogP contribution in [0.1, 0.15) is 32.3 Å². The Morgan fingerprint density at radius 2 is 2.11 bits per heavy atom. The molecule has 1 aromatic rings. The van der Waals surface area contributed by atoms with Crippen LogP contribution >= 0.6 is 15.9 Å². The van der Waals surface area contributed by atoms with Crippen molar-refractivity contribution in [3.05, 3.63) is 28.2 Å². The quantitative estimate of drug-likeness (QED) is 0.878. The Hall–Kier alpha value is -0.870. The van der Waals surface area contributed by atoms with E-state index in [1.54, 1.807) is 7.11 Å². The lowest BCUT2D eigenvalue weighted by Crippen LogP contribution is -2.32. The van der Waals surface area contributed by atoms with Gasteiger partial charge in [-0.05, 0) is 38.5 Å². The van der Waals surface area contributed by atoms with Gasteiger partial charge in [-0.2, -0.15) is 0 Å². The van der Waals surface area contributed by atoms with Gasteiger partial charge in [-0.3, -0.25) is 4.79 Å². The molecule has 0 aliphatic heterocycles. The van der Waals surface area contributed by atoms with E-state index in [1.807, 2.05) is 32.0 Å². The lowest BCUT2D eigenvalue weighted by molar-refractivity contribution is -0.118. The van der Waals surface area contributed by atoms with Gasteiger partial charge >= 0.3 is 0 Å². The number of carbonyl (C=O) groups is 1. The van der Waals surface area contributed by atoms with Gasteiger partial charge in [0.05, 0.1) is 7.11 Å². The van der Waals surface area contributed by atoms with Crippen LogP contribution in [0.3, 0.4) is 0 Å². The number of halogens is 1. The Morgan fingerprint density at radius 1 is 1.44 bits per heavy atom. The summed E-state index contributed by atoms with van der Waals surface area (Å²) in [5.41, 5.74) is 6.49. The van der Waals surface area contributed by atoms with E-state index >= 15 is 0 Å². The number of benzene rings is 1. The summed E-state index contributed by atoms with van der Waals surface area (Å²) in [6.07, 6.45) is 1.58. The zero-order chi connectivity index (χ0) is 13.8. The molecule has 3 nitrogen and oxygen atoms in total. The van der Waals surface area contributed by atoms with E-state index in [4.69, 9.17) is 10.5 Å². The zero-order valence-corrected chi connectivity index (χ0v) is 12.7. The highest BCUT2D eigenvalue weighted by molar-refractivity contribution is 9.10. The number of carbonyl (C=O) groups excluding carboxylic acids is 1. The van der Waals surface area contributed by atoms with Crippen molar-refractivity contribution in [1.29, 1.82) is 0 Å². The van der Waals surface area contributed by atoms with Gasteiger partial charge in [-0.15, -0.1) is 0 Å². The average molecular weight is 314 g/mol. The largest absolute Gasteiger partial charge is 0.496 e. The van der Waals surface area contributed by atoms with Gasteiger partial charge in [0.1, 0.15) is 11.5 Å². The smallest absolute Gasteiger partial charge is 0.137 e. The summed E-state index contributed by atoms with van der Waals surface area (Å²) in [4.78, 5) is 11.9. The van der Waals surface area contributed by atoms with Crippen molar-refractivity contribution < 1.29 is 9.53 Å². The van der Waals surface area contributed by atoms with Gasteiger partial charge in [0.15, 0.2) is 0 Å². The number of methoxy groups -OCH3 is 1. The van der Waals surface area contributed by atoms with Crippen molar-refractivity contribution in [3.63, 3.8) is 0 Å². The summed E-state index contributed by atoms with van der Waals surface area (Å²) in [5.74, 6) is 0.934. The lowest BCUT2D eigenvalue weighted by Gasteiger charge is -2.17. The maximum Gasteiger partial charge on any atom is 0.137 e. The maximum atomic E-state index is 11.9. The highest BCUT2D eigenvalue weighted by Gasteiger charge is 2.15. The van der Waals surface area contributed by atoms with Gasteiger partial charge in [0, 0.05) is 28.4 Å². The summed E-state index contributed by atoms with van der Waals surface area (Å²) >= 11 is 3.40. The summed E-state index contributed by atoms with van der Waals surface area (Å²) in [7, 11) is 1.61. The number of Topliss-reactive ketones (excluding diaryl/α,β-unsaturated/α-hetero) is 1. The minimum atomic E-state index is -0.295. The van der Waals surface area contributed by atoms with E-state index in [-0.39, 0.29) is 11.3 Å². The van der Waals surface area contributed by atoms with Gasteiger partial charge in [-0.1, -0.05) is 15.9 Å². The third-order valence-electron chi connectivity index (χ3n) is 2.68. The van der Waals surface area contributed by atoms with Crippen molar-refractivity contribution in [3.8, 4) is 5.75 Å². The van der Waals surface area contributed by atoms with Crippen LogP contribution in [0.25, 0.3) is 0 Å². The van der Waals surface area contributed by atoms with Crippen LogP contribution in [-0.2, 0) is 11.2 Å². The molecule has 0 spiro atoms. The van der Waals surface area contributed by atoms with Crippen molar-refractivity contribution in [1.82, 2.24) is 0 Å². The summed E-state index contributed by atoms with van der Waals surface area (Å²) in [6.45, 7) is 3.86. The number of hydrogen-bond acceptors (Lipinski definition) is 3. The molecule has 0 aliphatic rings. The Kier molecular flexibility index (Phi) is 5.35. The average Bonchev–Trinajstić information content (AvgIpc) is 2.26. The number of hydrogen-bond donors (Lipinski definition) is 1. The van der Waals surface area contributed by atoms with Crippen molar-refractivity contribution in [2.75, 3.05) is 7.11 Å². The molecule has 0 radical (unpaired) electrons. The zero-order valence-electron chi connectivity index (χ0n) is 11.1. The summed E-state index contributed by atoms with van der Waals surface area (Å²) in [5, 5.41) is 0. The first-order valence-electron chi connectivity index (χ1n) is 5.95. The Labute approximate surface area is 117 Å². The van der Waals surface area contributed by atoms with Gasteiger partial charge in [0.25, 0.3) is 0 Å². The lowest BCUT2D eigenvalue weighted by atomic mass is 9.96. The highest BCUT2D eigenvalue weighted by Crippen LogP contribution is 2.24. The second-order valence-corrected chi connectivity index (χ2v) is 6.08. The molecule has 18 heavy (non-hydrogen) atoms.